The minimum Gasteiger partial charge on any atom is -0.488 e. The zero-order valence-electron chi connectivity index (χ0n) is 8.08. The van der Waals surface area contributed by atoms with E-state index in [4.69, 9.17) is 4.74 Å². The highest BCUT2D eigenvalue weighted by Gasteiger charge is 2.64. The molecule has 0 aromatic heterocycles. The highest BCUT2D eigenvalue weighted by molar-refractivity contribution is 5.93. The Morgan fingerprint density at radius 1 is 1.71 bits per heavy atom. The van der Waals surface area contributed by atoms with Crippen LogP contribution < -0.4 is 5.32 Å². The number of carbonyl (C=O) groups excluding carboxylic acids is 2. The molecule has 3 unspecified atom stereocenters. The third kappa shape index (κ3) is 0.882. The van der Waals surface area contributed by atoms with Crippen molar-refractivity contribution in [3.63, 3.8) is 0 Å². The Balaban J connectivity index is 2.24. The van der Waals surface area contributed by atoms with Gasteiger partial charge in [-0.3, -0.25) is 4.79 Å². The van der Waals surface area contributed by atoms with Gasteiger partial charge in [-0.05, 0) is 6.42 Å². The summed E-state index contributed by atoms with van der Waals surface area (Å²) in [6.07, 6.45) is 2.05. The molecule has 2 fully saturated rings. The lowest BCUT2D eigenvalue weighted by atomic mass is 9.82. The molecule has 2 aliphatic heterocycles. The number of amides is 1. The van der Waals surface area contributed by atoms with Crippen molar-refractivity contribution >= 4 is 12.2 Å². The molecule has 0 aromatic rings. The molecule has 0 bridgehead atoms. The molecule has 1 amide bonds. The van der Waals surface area contributed by atoms with E-state index in [1.54, 1.807) is 0 Å². The zero-order chi connectivity index (χ0) is 10.3. The van der Waals surface area contributed by atoms with Crippen LogP contribution >= 0.6 is 0 Å². The van der Waals surface area contributed by atoms with E-state index in [1.807, 2.05) is 6.92 Å². The first-order chi connectivity index (χ1) is 6.65. The Bertz CT molecular complexity index is 312. The molecule has 0 radical (unpaired) electrons. The molecule has 3 atom stereocenters. The Morgan fingerprint density at radius 2 is 2.43 bits per heavy atom. The number of hydrogen-bond donors (Lipinski definition) is 1. The summed E-state index contributed by atoms with van der Waals surface area (Å²) in [5, 5.41) is 2.67. The van der Waals surface area contributed by atoms with E-state index in [0.29, 0.717) is 5.76 Å². The molecule has 0 aromatic carbocycles. The highest BCUT2D eigenvalue weighted by Crippen LogP contribution is 2.44. The van der Waals surface area contributed by atoms with Crippen LogP contribution in [0.15, 0.2) is 12.3 Å². The number of ether oxygens (including phenoxy) is 1. The summed E-state index contributed by atoms with van der Waals surface area (Å²) < 4.78 is 5.28. The van der Waals surface area contributed by atoms with Crippen LogP contribution in [0.3, 0.4) is 0 Å². The quantitative estimate of drug-likeness (QED) is 0.662. The maximum atomic E-state index is 11.5. The van der Waals surface area contributed by atoms with E-state index in [9.17, 15) is 9.59 Å². The molecule has 2 heterocycles. The van der Waals surface area contributed by atoms with Gasteiger partial charge in [-0.25, -0.2) is 0 Å². The Labute approximate surface area is 82.3 Å². The molecule has 2 aliphatic rings. The van der Waals surface area contributed by atoms with Crippen LogP contribution in [0.5, 0.6) is 0 Å². The van der Waals surface area contributed by atoms with E-state index in [2.05, 4.69) is 11.9 Å². The van der Waals surface area contributed by atoms with Gasteiger partial charge in [0.2, 0.25) is 5.91 Å². The first-order valence-corrected chi connectivity index (χ1v) is 4.80. The van der Waals surface area contributed by atoms with Crippen LogP contribution in [0.2, 0.25) is 0 Å². The fraction of sp³-hybridized carbons (Fsp3) is 0.600. The number of nitrogens with one attached hydrogen (secondary N) is 1. The van der Waals surface area contributed by atoms with E-state index in [-0.39, 0.29) is 17.9 Å². The average Bonchev–Trinajstić information content (AvgIpc) is 2.38. The summed E-state index contributed by atoms with van der Waals surface area (Å²) in [5.41, 5.74) is -0.920. The van der Waals surface area contributed by atoms with E-state index >= 15 is 0 Å². The molecular weight excluding hydrogens is 182 g/mol. The van der Waals surface area contributed by atoms with Gasteiger partial charge in [-0.2, -0.15) is 0 Å². The monoisotopic (exact) mass is 195 g/mol. The summed E-state index contributed by atoms with van der Waals surface area (Å²) in [6.45, 7) is 5.61. The van der Waals surface area contributed by atoms with Gasteiger partial charge < -0.3 is 14.8 Å². The van der Waals surface area contributed by atoms with Crippen LogP contribution in [0, 0.1) is 5.92 Å². The molecule has 4 heteroatoms. The molecule has 1 N–H and O–H groups in total. The van der Waals surface area contributed by atoms with E-state index < -0.39 is 5.54 Å². The van der Waals surface area contributed by atoms with Crippen molar-refractivity contribution < 1.29 is 14.3 Å². The molecule has 4 nitrogen and oxygen atoms in total. The molecule has 0 spiro atoms. The van der Waals surface area contributed by atoms with Crippen LogP contribution in [0.1, 0.15) is 19.8 Å². The van der Waals surface area contributed by atoms with E-state index in [1.165, 1.54) is 0 Å². The lowest BCUT2D eigenvalue weighted by Gasteiger charge is -2.43. The number of hydrogen-bond acceptors (Lipinski definition) is 3. The van der Waals surface area contributed by atoms with Gasteiger partial charge in [0, 0.05) is 0 Å². The Hall–Kier alpha value is -1.32. The van der Waals surface area contributed by atoms with Crippen LogP contribution in [0.25, 0.3) is 0 Å². The molecule has 14 heavy (non-hydrogen) atoms. The second-order valence-electron chi connectivity index (χ2n) is 3.83. The third-order valence-corrected chi connectivity index (χ3v) is 3.00. The summed E-state index contributed by atoms with van der Waals surface area (Å²) in [5.74, 6) is 0.0720. The normalized spacial score (nSPS) is 39.5. The van der Waals surface area contributed by atoms with Gasteiger partial charge in [0.15, 0.2) is 11.8 Å². The van der Waals surface area contributed by atoms with Gasteiger partial charge in [-0.1, -0.05) is 19.9 Å². The van der Waals surface area contributed by atoms with Crippen molar-refractivity contribution in [2.45, 2.75) is 31.4 Å². The third-order valence-electron chi connectivity index (χ3n) is 3.00. The SMILES string of the molecule is C=C1OC2C(CCC)C(=O)NC12C=O. The fourth-order valence-electron chi connectivity index (χ4n) is 2.17. The highest BCUT2D eigenvalue weighted by atomic mass is 16.5. The Morgan fingerprint density at radius 3 is 2.86 bits per heavy atom. The number of carbonyl (C=O) groups is 2. The van der Waals surface area contributed by atoms with Crippen LogP contribution in [0.4, 0.5) is 0 Å². The van der Waals surface area contributed by atoms with Crippen LogP contribution in [-0.4, -0.2) is 23.8 Å². The van der Waals surface area contributed by atoms with Crippen molar-refractivity contribution in [3.8, 4) is 0 Å². The maximum absolute atomic E-state index is 11.5. The predicted octanol–water partition coefficient (Wildman–Crippen LogP) is 0.383. The van der Waals surface area contributed by atoms with Crippen molar-refractivity contribution in [1.29, 1.82) is 0 Å². The molecule has 0 saturated carbocycles. The Kier molecular flexibility index (Phi) is 1.87. The predicted molar refractivity (Wildman–Crippen MR) is 49.3 cm³/mol. The second-order valence-corrected chi connectivity index (χ2v) is 3.83. The first kappa shape index (κ1) is 9.24. The second kappa shape index (κ2) is 2.83. The lowest BCUT2D eigenvalue weighted by molar-refractivity contribution is -0.131. The number of fused-ring (bicyclic) bond motifs is 1. The summed E-state index contributed by atoms with van der Waals surface area (Å²) in [4.78, 5) is 22.5. The molecule has 0 aliphatic carbocycles. The van der Waals surface area contributed by atoms with Gasteiger partial charge in [0.25, 0.3) is 0 Å². The van der Waals surface area contributed by atoms with Gasteiger partial charge in [-0.15, -0.1) is 0 Å². The average molecular weight is 195 g/mol. The van der Waals surface area contributed by atoms with Crippen LogP contribution in [-0.2, 0) is 14.3 Å². The van der Waals surface area contributed by atoms with Crippen molar-refractivity contribution in [1.82, 2.24) is 5.32 Å². The minimum absolute atomic E-state index is 0.0948. The van der Waals surface area contributed by atoms with Gasteiger partial charge in [0.1, 0.15) is 11.9 Å². The largest absolute Gasteiger partial charge is 0.488 e. The summed E-state index contributed by atoms with van der Waals surface area (Å²) in [6, 6.07) is 0. The number of aldehydes is 1. The smallest absolute Gasteiger partial charge is 0.228 e. The van der Waals surface area contributed by atoms with Gasteiger partial charge in [0.05, 0.1) is 5.92 Å². The standard InChI is InChI=1S/C10H13NO3/c1-3-4-7-8-10(5-12,6(2)14-8)11-9(7)13/h5,7-8H,2-4H2,1H3,(H,11,13). The molecule has 76 valence electrons. The van der Waals surface area contributed by atoms with Crippen molar-refractivity contribution in [2.24, 2.45) is 5.92 Å². The molecule has 2 rings (SSSR count). The fourth-order valence-corrected chi connectivity index (χ4v) is 2.17. The lowest BCUT2D eigenvalue weighted by Crippen LogP contribution is -2.61. The molecule has 2 saturated heterocycles. The van der Waals surface area contributed by atoms with Crippen molar-refractivity contribution in [2.75, 3.05) is 0 Å². The van der Waals surface area contributed by atoms with E-state index in [0.717, 1.165) is 19.1 Å². The van der Waals surface area contributed by atoms with Crippen molar-refractivity contribution in [3.05, 3.63) is 12.3 Å². The minimum atomic E-state index is -0.920. The van der Waals surface area contributed by atoms with Gasteiger partial charge >= 0.3 is 0 Å². The maximum Gasteiger partial charge on any atom is 0.228 e. The zero-order valence-corrected chi connectivity index (χ0v) is 8.08. The summed E-state index contributed by atoms with van der Waals surface area (Å²) >= 11 is 0. The summed E-state index contributed by atoms with van der Waals surface area (Å²) in [7, 11) is 0. The topological polar surface area (TPSA) is 55.4 Å². The number of rotatable bonds is 3. The first-order valence-electron chi connectivity index (χ1n) is 4.80. The molecular formula is C10H13NO3.